The van der Waals surface area contributed by atoms with E-state index in [1.54, 1.807) is 18.3 Å². The number of aryl methyl sites for hydroxylation is 1. The van der Waals surface area contributed by atoms with Gasteiger partial charge in [0.05, 0.1) is 11.9 Å². The smallest absolute Gasteiger partial charge is 0.315 e. The molecular formula is C27H37FN8O. The monoisotopic (exact) mass is 508 g/mol. The van der Waals surface area contributed by atoms with Crippen molar-refractivity contribution in [1.29, 1.82) is 0 Å². The van der Waals surface area contributed by atoms with E-state index in [4.69, 9.17) is 14.4 Å². The van der Waals surface area contributed by atoms with Gasteiger partial charge in [0, 0.05) is 44.8 Å². The molecule has 3 aromatic rings. The molecule has 1 N–H and O–H groups in total. The van der Waals surface area contributed by atoms with E-state index in [9.17, 15) is 4.39 Å². The molecule has 0 aliphatic carbocycles. The van der Waals surface area contributed by atoms with E-state index in [1.807, 2.05) is 26.0 Å². The molecule has 2 aromatic heterocycles. The SMILES string of the molecule is CCNc1nnc(-c2cnc(N3CCN(C4CCN(Cc5ccc(F)cc5)CC4)[C@@H](CC)C3)c(C)n2)o1. The minimum atomic E-state index is -0.172. The summed E-state index contributed by atoms with van der Waals surface area (Å²) in [6.07, 6.45) is 5.18. The lowest BCUT2D eigenvalue weighted by molar-refractivity contribution is 0.0610. The lowest BCUT2D eigenvalue weighted by atomic mass is 9.97. The fourth-order valence-corrected chi connectivity index (χ4v) is 5.60. The molecule has 1 atom stereocenters. The van der Waals surface area contributed by atoms with E-state index in [-0.39, 0.29) is 5.82 Å². The molecule has 2 saturated heterocycles. The summed E-state index contributed by atoms with van der Waals surface area (Å²) in [5.41, 5.74) is 2.65. The highest BCUT2D eigenvalue weighted by Crippen LogP contribution is 2.28. The van der Waals surface area contributed by atoms with Crippen molar-refractivity contribution < 1.29 is 8.81 Å². The molecule has 37 heavy (non-hydrogen) atoms. The maximum Gasteiger partial charge on any atom is 0.315 e. The van der Waals surface area contributed by atoms with Crippen LogP contribution in [0, 0.1) is 12.7 Å². The molecule has 5 rings (SSSR count). The van der Waals surface area contributed by atoms with Crippen molar-refractivity contribution in [3.63, 3.8) is 0 Å². The van der Waals surface area contributed by atoms with Gasteiger partial charge in [-0.3, -0.25) is 9.80 Å². The second-order valence-corrected chi connectivity index (χ2v) is 9.99. The van der Waals surface area contributed by atoms with Crippen LogP contribution < -0.4 is 10.2 Å². The number of piperidine rings is 1. The molecule has 0 saturated carbocycles. The number of halogens is 1. The predicted octanol–water partition coefficient (Wildman–Crippen LogP) is 3.97. The van der Waals surface area contributed by atoms with Crippen molar-refractivity contribution in [3.05, 3.63) is 47.5 Å². The molecular weight excluding hydrogens is 471 g/mol. The van der Waals surface area contributed by atoms with Crippen LogP contribution in [0.4, 0.5) is 16.2 Å². The molecule has 2 aliphatic heterocycles. The molecule has 0 bridgehead atoms. The molecule has 0 amide bonds. The van der Waals surface area contributed by atoms with Gasteiger partial charge in [-0.2, -0.15) is 0 Å². The molecule has 0 spiro atoms. The maximum absolute atomic E-state index is 13.2. The molecule has 2 aliphatic rings. The van der Waals surface area contributed by atoms with Gasteiger partial charge in [0.2, 0.25) is 0 Å². The van der Waals surface area contributed by atoms with Gasteiger partial charge >= 0.3 is 6.01 Å². The Kier molecular flexibility index (Phi) is 7.95. The summed E-state index contributed by atoms with van der Waals surface area (Å²) in [6.45, 7) is 12.9. The van der Waals surface area contributed by atoms with Crippen LogP contribution in [0.1, 0.15) is 44.4 Å². The summed E-state index contributed by atoms with van der Waals surface area (Å²) in [7, 11) is 0. The largest absolute Gasteiger partial charge is 0.402 e. The van der Waals surface area contributed by atoms with Crippen molar-refractivity contribution in [2.75, 3.05) is 49.5 Å². The van der Waals surface area contributed by atoms with Gasteiger partial charge in [-0.1, -0.05) is 24.2 Å². The molecule has 1 aromatic carbocycles. The average Bonchev–Trinajstić information content (AvgIpc) is 3.39. The van der Waals surface area contributed by atoms with Gasteiger partial charge in [0.25, 0.3) is 5.89 Å². The molecule has 4 heterocycles. The van der Waals surface area contributed by atoms with Crippen LogP contribution in [0.15, 0.2) is 34.9 Å². The van der Waals surface area contributed by atoms with Crippen molar-refractivity contribution >= 4 is 11.8 Å². The normalized spacial score (nSPS) is 19.9. The number of piperazine rings is 1. The number of benzene rings is 1. The average molecular weight is 509 g/mol. The van der Waals surface area contributed by atoms with Gasteiger partial charge in [0.1, 0.15) is 17.3 Å². The first-order valence-electron chi connectivity index (χ1n) is 13.4. The summed E-state index contributed by atoms with van der Waals surface area (Å²) in [4.78, 5) is 17.1. The summed E-state index contributed by atoms with van der Waals surface area (Å²) < 4.78 is 18.9. The van der Waals surface area contributed by atoms with Crippen molar-refractivity contribution in [3.8, 4) is 11.6 Å². The third-order valence-corrected chi connectivity index (χ3v) is 7.54. The number of anilines is 2. The zero-order chi connectivity index (χ0) is 25.8. The first-order chi connectivity index (χ1) is 18.0. The van der Waals surface area contributed by atoms with Crippen molar-refractivity contribution in [2.24, 2.45) is 0 Å². The Bertz CT molecular complexity index is 1160. The quantitative estimate of drug-likeness (QED) is 0.486. The van der Waals surface area contributed by atoms with Crippen LogP contribution in [-0.4, -0.2) is 81.3 Å². The summed E-state index contributed by atoms with van der Waals surface area (Å²) in [6, 6.07) is 8.39. The van der Waals surface area contributed by atoms with Gasteiger partial charge in [-0.25, -0.2) is 14.4 Å². The van der Waals surface area contributed by atoms with Crippen LogP contribution in [0.5, 0.6) is 0 Å². The van der Waals surface area contributed by atoms with E-state index in [0.717, 1.165) is 57.2 Å². The highest BCUT2D eigenvalue weighted by Gasteiger charge is 2.34. The highest BCUT2D eigenvalue weighted by atomic mass is 19.1. The van der Waals surface area contributed by atoms with Gasteiger partial charge < -0.3 is 14.6 Å². The second-order valence-electron chi connectivity index (χ2n) is 9.99. The lowest BCUT2D eigenvalue weighted by Crippen LogP contribution is -2.58. The van der Waals surface area contributed by atoms with Crippen LogP contribution in [0.3, 0.4) is 0 Å². The lowest BCUT2D eigenvalue weighted by Gasteiger charge is -2.47. The minimum absolute atomic E-state index is 0.172. The molecule has 2 fully saturated rings. The molecule has 9 nitrogen and oxygen atoms in total. The Hall–Kier alpha value is -3.11. The maximum atomic E-state index is 13.2. The Morgan fingerprint density at radius 3 is 2.54 bits per heavy atom. The summed E-state index contributed by atoms with van der Waals surface area (Å²) >= 11 is 0. The van der Waals surface area contributed by atoms with Crippen LogP contribution in [0.2, 0.25) is 0 Å². The number of rotatable bonds is 8. The Labute approximate surface area is 218 Å². The summed E-state index contributed by atoms with van der Waals surface area (Å²) in [5, 5.41) is 11.1. The van der Waals surface area contributed by atoms with E-state index < -0.39 is 0 Å². The summed E-state index contributed by atoms with van der Waals surface area (Å²) in [5.74, 6) is 1.14. The topological polar surface area (TPSA) is 86.5 Å². The van der Waals surface area contributed by atoms with Crippen LogP contribution in [0.25, 0.3) is 11.6 Å². The number of nitrogens with zero attached hydrogens (tertiary/aromatic N) is 7. The number of likely N-dealkylation sites (tertiary alicyclic amines) is 1. The minimum Gasteiger partial charge on any atom is -0.402 e. The van der Waals surface area contributed by atoms with E-state index >= 15 is 0 Å². The Morgan fingerprint density at radius 1 is 1.05 bits per heavy atom. The van der Waals surface area contributed by atoms with Crippen molar-refractivity contribution in [2.45, 2.75) is 58.7 Å². The Morgan fingerprint density at radius 2 is 1.84 bits per heavy atom. The third kappa shape index (κ3) is 5.91. The third-order valence-electron chi connectivity index (χ3n) is 7.54. The van der Waals surface area contributed by atoms with Crippen LogP contribution in [-0.2, 0) is 6.54 Å². The highest BCUT2D eigenvalue weighted by molar-refractivity contribution is 5.52. The molecule has 10 heteroatoms. The number of hydrogen-bond donors (Lipinski definition) is 1. The van der Waals surface area contributed by atoms with Crippen molar-refractivity contribution in [1.82, 2.24) is 30.0 Å². The van der Waals surface area contributed by atoms with E-state index in [1.165, 1.54) is 18.4 Å². The number of hydrogen-bond acceptors (Lipinski definition) is 9. The molecule has 198 valence electrons. The zero-order valence-corrected chi connectivity index (χ0v) is 22.0. The fraction of sp³-hybridized carbons (Fsp3) is 0.556. The standard InChI is InChI=1S/C27H37FN8O/c1-4-22-18-35(25-19(3)31-24(16-30-25)26-32-33-27(37-26)29-5-2)14-15-36(22)23-10-12-34(13-11-23)17-20-6-8-21(28)9-7-20/h6-9,16,22-23H,4-5,10-15,17-18H2,1-3H3,(H,29,33)/t22-/m0/s1. The van der Waals surface area contributed by atoms with Crippen LogP contribution >= 0.6 is 0 Å². The zero-order valence-electron chi connectivity index (χ0n) is 22.0. The predicted molar refractivity (Wildman–Crippen MR) is 142 cm³/mol. The first kappa shape index (κ1) is 25.5. The Balaban J connectivity index is 1.18. The van der Waals surface area contributed by atoms with Gasteiger partial charge in [-0.15, -0.1) is 5.10 Å². The fourth-order valence-electron chi connectivity index (χ4n) is 5.60. The van der Waals surface area contributed by atoms with Gasteiger partial charge in [-0.05, 0) is 63.9 Å². The number of nitrogens with one attached hydrogen (secondary N) is 1. The van der Waals surface area contributed by atoms with Gasteiger partial charge in [0.15, 0.2) is 0 Å². The number of aromatic nitrogens is 4. The second kappa shape index (κ2) is 11.5. The first-order valence-corrected chi connectivity index (χ1v) is 13.4. The molecule has 0 unspecified atom stereocenters. The van der Waals surface area contributed by atoms with E-state index in [0.29, 0.717) is 36.2 Å². The molecule has 0 radical (unpaired) electrons. The van der Waals surface area contributed by atoms with E-state index in [2.05, 4.69) is 37.1 Å².